The molecule has 3 heteroatoms. The van der Waals surface area contributed by atoms with Crippen LogP contribution in [0.25, 0.3) is 0 Å². The van der Waals surface area contributed by atoms with E-state index < -0.39 is 0 Å². The van der Waals surface area contributed by atoms with Gasteiger partial charge in [0, 0.05) is 24.3 Å². The summed E-state index contributed by atoms with van der Waals surface area (Å²) in [4.78, 5) is 15.2. The molecule has 1 saturated heterocycles. The van der Waals surface area contributed by atoms with E-state index in [9.17, 15) is 4.79 Å². The molecular formula is C26H30N2O. The first kappa shape index (κ1) is 17.6. The van der Waals surface area contributed by atoms with Gasteiger partial charge in [-0.3, -0.25) is 4.79 Å². The molecule has 29 heavy (non-hydrogen) atoms. The molecule has 1 N–H and O–H groups in total. The van der Waals surface area contributed by atoms with Crippen molar-refractivity contribution in [1.82, 2.24) is 4.90 Å². The van der Waals surface area contributed by atoms with Gasteiger partial charge in [0.05, 0.1) is 6.04 Å². The monoisotopic (exact) mass is 386 g/mol. The summed E-state index contributed by atoms with van der Waals surface area (Å²) in [5.74, 6) is 3.10. The summed E-state index contributed by atoms with van der Waals surface area (Å²) in [7, 11) is 0. The Hall–Kier alpha value is -2.29. The molecule has 150 valence electrons. The second kappa shape index (κ2) is 6.90. The third-order valence-electron chi connectivity index (χ3n) is 8.14. The predicted octanol–water partition coefficient (Wildman–Crippen LogP) is 5.61. The topological polar surface area (TPSA) is 32.3 Å². The van der Waals surface area contributed by atoms with Crippen LogP contribution in [0.5, 0.6) is 0 Å². The maximum absolute atomic E-state index is 13.1. The zero-order valence-corrected chi connectivity index (χ0v) is 17.0. The van der Waals surface area contributed by atoms with Gasteiger partial charge in [0.25, 0.3) is 5.91 Å². The Morgan fingerprint density at radius 1 is 0.931 bits per heavy atom. The molecule has 5 atom stereocenters. The molecule has 2 bridgehead atoms. The lowest BCUT2D eigenvalue weighted by molar-refractivity contribution is 0.0724. The fourth-order valence-corrected chi connectivity index (χ4v) is 6.89. The molecule has 1 amide bonds. The predicted molar refractivity (Wildman–Crippen MR) is 116 cm³/mol. The minimum Gasteiger partial charge on any atom is -0.378 e. The van der Waals surface area contributed by atoms with Crippen molar-refractivity contribution >= 4 is 11.6 Å². The van der Waals surface area contributed by atoms with Crippen LogP contribution in [0.3, 0.4) is 0 Å². The zero-order chi connectivity index (χ0) is 19.4. The van der Waals surface area contributed by atoms with E-state index >= 15 is 0 Å². The highest BCUT2D eigenvalue weighted by Gasteiger charge is 2.53. The van der Waals surface area contributed by atoms with Crippen LogP contribution in [0.15, 0.2) is 48.5 Å². The number of rotatable bonds is 2. The Kier molecular flexibility index (Phi) is 4.18. The summed E-state index contributed by atoms with van der Waals surface area (Å²) in [6, 6.07) is 17.9. The smallest absolute Gasteiger partial charge is 0.253 e. The molecule has 0 aromatic heterocycles. The van der Waals surface area contributed by atoms with Gasteiger partial charge in [-0.15, -0.1) is 0 Å². The second-order valence-electron chi connectivity index (χ2n) is 9.62. The lowest BCUT2D eigenvalue weighted by Gasteiger charge is -2.43. The van der Waals surface area contributed by atoms with Gasteiger partial charge in [-0.2, -0.15) is 0 Å². The third kappa shape index (κ3) is 2.81. The first-order chi connectivity index (χ1) is 14.3. The average Bonchev–Trinajstić information content (AvgIpc) is 3.42. The van der Waals surface area contributed by atoms with Crippen LogP contribution in [0.4, 0.5) is 5.69 Å². The van der Waals surface area contributed by atoms with E-state index in [1.807, 2.05) is 0 Å². The van der Waals surface area contributed by atoms with Crippen LogP contribution >= 0.6 is 0 Å². The lowest BCUT2D eigenvalue weighted by atomic mass is 9.68. The van der Waals surface area contributed by atoms with Crippen molar-refractivity contribution in [1.29, 1.82) is 0 Å². The second-order valence-corrected chi connectivity index (χ2v) is 9.62. The van der Waals surface area contributed by atoms with E-state index in [4.69, 9.17) is 0 Å². The summed E-state index contributed by atoms with van der Waals surface area (Å²) in [5, 5.41) is 3.89. The first-order valence-corrected chi connectivity index (χ1v) is 11.5. The number of piperidine rings is 1. The van der Waals surface area contributed by atoms with Crippen LogP contribution in [0.2, 0.25) is 0 Å². The summed E-state index contributed by atoms with van der Waals surface area (Å²) in [6.07, 6.45) is 7.64. The molecule has 0 radical (unpaired) electrons. The number of carbonyl (C=O) groups excluding carboxylic acids is 1. The highest BCUT2D eigenvalue weighted by molar-refractivity contribution is 5.95. The van der Waals surface area contributed by atoms with Gasteiger partial charge in [-0.25, -0.2) is 0 Å². The van der Waals surface area contributed by atoms with Crippen molar-refractivity contribution in [3.63, 3.8) is 0 Å². The molecule has 0 unspecified atom stereocenters. The number of amides is 1. The molecular weight excluding hydrogens is 356 g/mol. The number of nitrogens with one attached hydrogen (secondary N) is 1. The molecule has 2 aliphatic heterocycles. The molecule has 3 fully saturated rings. The maximum Gasteiger partial charge on any atom is 0.253 e. The zero-order valence-electron chi connectivity index (χ0n) is 17.0. The number of fused-ring (bicyclic) bond motifs is 7. The minimum absolute atomic E-state index is 0.234. The van der Waals surface area contributed by atoms with E-state index in [1.165, 1.54) is 42.5 Å². The Morgan fingerprint density at radius 2 is 1.72 bits per heavy atom. The van der Waals surface area contributed by atoms with Crippen LogP contribution in [0.1, 0.15) is 72.0 Å². The lowest BCUT2D eigenvalue weighted by Crippen LogP contribution is -2.37. The summed E-state index contributed by atoms with van der Waals surface area (Å²) in [6.45, 7) is 1.84. The molecule has 2 heterocycles. The number of anilines is 1. The largest absolute Gasteiger partial charge is 0.378 e. The molecule has 2 aliphatic carbocycles. The summed E-state index contributed by atoms with van der Waals surface area (Å²) >= 11 is 0. The van der Waals surface area contributed by atoms with Crippen LogP contribution in [-0.4, -0.2) is 23.9 Å². The summed E-state index contributed by atoms with van der Waals surface area (Å²) < 4.78 is 0. The van der Waals surface area contributed by atoms with Gasteiger partial charge in [0.2, 0.25) is 0 Å². The summed E-state index contributed by atoms with van der Waals surface area (Å²) in [5.41, 5.74) is 4.97. The van der Waals surface area contributed by atoms with Gasteiger partial charge in [0.15, 0.2) is 0 Å². The maximum atomic E-state index is 13.1. The van der Waals surface area contributed by atoms with Crippen LogP contribution in [0, 0.1) is 17.8 Å². The number of nitrogens with zero attached hydrogens (tertiary/aromatic N) is 1. The molecule has 3 nitrogen and oxygen atoms in total. The molecule has 2 saturated carbocycles. The van der Waals surface area contributed by atoms with Gasteiger partial charge in [-0.05, 0) is 91.5 Å². The standard InChI is InChI=1S/C26H30N2O/c29-26(28-13-5-2-6-14-28)20-11-12-22-21(16-20)23-18-9-10-19(15-18)24(23)25(27-22)17-7-3-1-4-8-17/h1,3-4,7-8,11-12,16,18-19,23-25,27H,2,5-6,9-10,13-15H2/t18-,19-,23-,24+,25-/m0/s1. The van der Waals surface area contributed by atoms with Gasteiger partial charge >= 0.3 is 0 Å². The number of hydrogen-bond acceptors (Lipinski definition) is 2. The van der Waals surface area contributed by atoms with Gasteiger partial charge < -0.3 is 10.2 Å². The van der Waals surface area contributed by atoms with E-state index in [-0.39, 0.29) is 5.91 Å². The van der Waals surface area contributed by atoms with Crippen LogP contribution in [-0.2, 0) is 0 Å². The molecule has 6 rings (SSSR count). The minimum atomic E-state index is 0.234. The fourth-order valence-electron chi connectivity index (χ4n) is 6.89. The van der Waals surface area contributed by atoms with E-state index in [0.717, 1.165) is 43.3 Å². The van der Waals surface area contributed by atoms with Gasteiger partial charge in [-0.1, -0.05) is 30.3 Å². The Balaban J connectivity index is 1.38. The van der Waals surface area contributed by atoms with Gasteiger partial charge in [0.1, 0.15) is 0 Å². The molecule has 2 aromatic rings. The Morgan fingerprint density at radius 3 is 2.55 bits per heavy atom. The average molecular weight is 387 g/mol. The van der Waals surface area contributed by atoms with Crippen molar-refractivity contribution in [2.24, 2.45) is 17.8 Å². The van der Waals surface area contributed by atoms with Crippen molar-refractivity contribution in [3.05, 3.63) is 65.2 Å². The number of benzene rings is 2. The Bertz CT molecular complexity index is 918. The van der Waals surface area contributed by atoms with Crippen molar-refractivity contribution < 1.29 is 4.79 Å². The van der Waals surface area contributed by atoms with Crippen molar-refractivity contribution in [2.45, 2.75) is 50.5 Å². The quantitative estimate of drug-likeness (QED) is 0.728. The van der Waals surface area contributed by atoms with Crippen LogP contribution < -0.4 is 5.32 Å². The van der Waals surface area contributed by atoms with E-state index in [1.54, 1.807) is 0 Å². The highest BCUT2D eigenvalue weighted by atomic mass is 16.2. The number of likely N-dealkylation sites (tertiary alicyclic amines) is 1. The normalized spacial score (nSPS) is 32.4. The molecule has 2 aromatic carbocycles. The van der Waals surface area contributed by atoms with Crippen molar-refractivity contribution in [3.8, 4) is 0 Å². The van der Waals surface area contributed by atoms with E-state index in [2.05, 4.69) is 58.7 Å². The fraction of sp³-hybridized carbons (Fsp3) is 0.500. The Labute approximate surface area is 173 Å². The third-order valence-corrected chi connectivity index (χ3v) is 8.14. The number of carbonyl (C=O) groups is 1. The van der Waals surface area contributed by atoms with E-state index in [0.29, 0.717) is 17.9 Å². The van der Waals surface area contributed by atoms with Crippen molar-refractivity contribution in [2.75, 3.05) is 18.4 Å². The molecule has 4 aliphatic rings. The number of hydrogen-bond donors (Lipinski definition) is 1. The first-order valence-electron chi connectivity index (χ1n) is 11.5. The molecule has 0 spiro atoms. The highest BCUT2D eigenvalue weighted by Crippen LogP contribution is 2.63. The SMILES string of the molecule is O=C(c1ccc2c(c1)[C@@H]1[C@H]3CC[C@@H](C3)[C@H]1[C@H](c1ccccc1)N2)N1CCCCC1.